The van der Waals surface area contributed by atoms with Crippen LogP contribution < -0.4 is 5.32 Å². The third kappa shape index (κ3) is 3.30. The molecule has 1 amide bonds. The van der Waals surface area contributed by atoms with Crippen molar-refractivity contribution in [3.8, 4) is 0 Å². The highest BCUT2D eigenvalue weighted by Gasteiger charge is 2.21. The molecule has 110 valence electrons. The lowest BCUT2D eigenvalue weighted by molar-refractivity contribution is -0.130. The maximum atomic E-state index is 12.4. The van der Waals surface area contributed by atoms with Crippen molar-refractivity contribution in [2.45, 2.75) is 19.9 Å². The van der Waals surface area contributed by atoms with Gasteiger partial charge in [-0.3, -0.25) is 4.79 Å². The molecule has 0 saturated heterocycles. The van der Waals surface area contributed by atoms with Crippen LogP contribution in [-0.2, 0) is 17.8 Å². The van der Waals surface area contributed by atoms with E-state index >= 15 is 0 Å². The predicted octanol–water partition coefficient (Wildman–Crippen LogP) is 3.82. The Hall–Kier alpha value is -1.33. The van der Waals surface area contributed by atoms with E-state index in [2.05, 4.69) is 32.7 Å². The number of aryl methyl sites for hydroxylation is 1. The highest BCUT2D eigenvalue weighted by atomic mass is 79.9. The molecule has 1 aromatic carbocycles. The second kappa shape index (κ2) is 6.20. The summed E-state index contributed by atoms with van der Waals surface area (Å²) in [6, 6.07) is 8.18. The van der Waals surface area contributed by atoms with Crippen molar-refractivity contribution in [1.82, 2.24) is 4.90 Å². The Bertz CT molecular complexity index is 668. The molecule has 0 saturated carbocycles. The molecule has 0 atom stereocenters. The molecule has 0 radical (unpaired) electrons. The van der Waals surface area contributed by atoms with Gasteiger partial charge in [-0.2, -0.15) is 0 Å². The minimum Gasteiger partial charge on any atom is -0.376 e. The number of thiophene rings is 1. The largest absolute Gasteiger partial charge is 0.376 e. The van der Waals surface area contributed by atoms with E-state index in [1.807, 2.05) is 30.0 Å². The molecule has 1 aromatic heterocycles. The standard InChI is InChI=1S/C16H17BrN2OS/c1-11-2-3-13(17)8-14(11)18-9-16(20)19-6-4-15-12(10-19)5-7-21-15/h2-3,5,7-8,18H,4,6,9-10H2,1H3. The van der Waals surface area contributed by atoms with Crippen LogP contribution in [0, 0.1) is 6.92 Å². The van der Waals surface area contributed by atoms with Gasteiger partial charge in [0.2, 0.25) is 5.91 Å². The third-order valence-electron chi connectivity index (χ3n) is 3.79. The molecule has 1 aliphatic rings. The quantitative estimate of drug-likeness (QED) is 0.897. The first-order valence-electron chi connectivity index (χ1n) is 6.96. The number of benzene rings is 1. The molecule has 2 aromatic rings. The van der Waals surface area contributed by atoms with E-state index in [1.165, 1.54) is 10.4 Å². The average Bonchev–Trinajstić information content (AvgIpc) is 2.95. The normalized spacial score (nSPS) is 13.9. The van der Waals surface area contributed by atoms with E-state index in [0.29, 0.717) is 6.54 Å². The number of carbonyl (C=O) groups is 1. The van der Waals surface area contributed by atoms with Crippen molar-refractivity contribution in [3.63, 3.8) is 0 Å². The van der Waals surface area contributed by atoms with Crippen LogP contribution in [0.15, 0.2) is 34.1 Å². The zero-order chi connectivity index (χ0) is 14.8. The van der Waals surface area contributed by atoms with Crippen molar-refractivity contribution < 1.29 is 4.79 Å². The zero-order valence-corrected chi connectivity index (χ0v) is 14.3. The molecular weight excluding hydrogens is 348 g/mol. The number of carbonyl (C=O) groups excluding carboxylic acids is 1. The smallest absolute Gasteiger partial charge is 0.242 e. The van der Waals surface area contributed by atoms with Gasteiger partial charge in [0.05, 0.1) is 6.54 Å². The SMILES string of the molecule is Cc1ccc(Br)cc1NCC(=O)N1CCc2sccc2C1. The van der Waals surface area contributed by atoms with Crippen LogP contribution in [0.3, 0.4) is 0 Å². The molecule has 2 heterocycles. The minimum atomic E-state index is 0.159. The molecule has 0 spiro atoms. The number of nitrogens with zero attached hydrogens (tertiary/aromatic N) is 1. The molecule has 1 N–H and O–H groups in total. The number of rotatable bonds is 3. The summed E-state index contributed by atoms with van der Waals surface area (Å²) in [5, 5.41) is 5.36. The van der Waals surface area contributed by atoms with Crippen molar-refractivity contribution >= 4 is 38.9 Å². The first kappa shape index (κ1) is 14.6. The summed E-state index contributed by atoms with van der Waals surface area (Å²) in [5.74, 6) is 0.159. The molecular formula is C16H17BrN2OS. The molecule has 0 aliphatic carbocycles. The Morgan fingerprint density at radius 2 is 2.29 bits per heavy atom. The minimum absolute atomic E-state index is 0.159. The monoisotopic (exact) mass is 364 g/mol. The van der Waals surface area contributed by atoms with Gasteiger partial charge in [-0.15, -0.1) is 11.3 Å². The van der Waals surface area contributed by atoms with E-state index in [0.717, 1.165) is 35.2 Å². The van der Waals surface area contributed by atoms with Crippen LogP contribution in [0.2, 0.25) is 0 Å². The molecule has 3 rings (SSSR count). The van der Waals surface area contributed by atoms with E-state index in [9.17, 15) is 4.79 Å². The average molecular weight is 365 g/mol. The second-order valence-corrected chi connectivity index (χ2v) is 7.16. The van der Waals surface area contributed by atoms with Gasteiger partial charge in [0.1, 0.15) is 0 Å². The molecule has 0 bridgehead atoms. The number of fused-ring (bicyclic) bond motifs is 1. The summed E-state index contributed by atoms with van der Waals surface area (Å²) in [4.78, 5) is 15.7. The Labute approximate surface area is 137 Å². The maximum absolute atomic E-state index is 12.4. The van der Waals surface area contributed by atoms with E-state index in [1.54, 1.807) is 11.3 Å². The molecule has 1 aliphatic heterocycles. The van der Waals surface area contributed by atoms with Gasteiger partial charge in [0.15, 0.2) is 0 Å². The Morgan fingerprint density at radius 1 is 1.43 bits per heavy atom. The highest BCUT2D eigenvalue weighted by molar-refractivity contribution is 9.10. The molecule has 0 unspecified atom stereocenters. The summed E-state index contributed by atoms with van der Waals surface area (Å²) in [6.07, 6.45) is 0.981. The number of halogens is 1. The van der Waals surface area contributed by atoms with Crippen LogP contribution in [0.1, 0.15) is 16.0 Å². The fourth-order valence-electron chi connectivity index (χ4n) is 2.53. The van der Waals surface area contributed by atoms with Gasteiger partial charge in [0.25, 0.3) is 0 Å². The lowest BCUT2D eigenvalue weighted by Crippen LogP contribution is -2.38. The first-order chi connectivity index (χ1) is 10.1. The van der Waals surface area contributed by atoms with Crippen LogP contribution in [0.4, 0.5) is 5.69 Å². The van der Waals surface area contributed by atoms with Crippen LogP contribution in [0.5, 0.6) is 0 Å². The second-order valence-electron chi connectivity index (χ2n) is 5.25. The van der Waals surface area contributed by atoms with E-state index in [4.69, 9.17) is 0 Å². The lowest BCUT2D eigenvalue weighted by atomic mass is 10.1. The van der Waals surface area contributed by atoms with Gasteiger partial charge in [0, 0.05) is 28.1 Å². The van der Waals surface area contributed by atoms with Gasteiger partial charge >= 0.3 is 0 Å². The fraction of sp³-hybridized carbons (Fsp3) is 0.312. The summed E-state index contributed by atoms with van der Waals surface area (Å²) >= 11 is 5.25. The van der Waals surface area contributed by atoms with Gasteiger partial charge in [-0.1, -0.05) is 22.0 Å². The summed E-state index contributed by atoms with van der Waals surface area (Å²) in [7, 11) is 0. The molecule has 3 nitrogen and oxygen atoms in total. The van der Waals surface area contributed by atoms with Crippen LogP contribution in [0.25, 0.3) is 0 Å². The van der Waals surface area contributed by atoms with E-state index in [-0.39, 0.29) is 5.91 Å². The lowest BCUT2D eigenvalue weighted by Gasteiger charge is -2.27. The number of nitrogens with one attached hydrogen (secondary N) is 1. The highest BCUT2D eigenvalue weighted by Crippen LogP contribution is 2.24. The predicted molar refractivity (Wildman–Crippen MR) is 90.8 cm³/mol. The number of hydrogen-bond acceptors (Lipinski definition) is 3. The Morgan fingerprint density at radius 3 is 3.14 bits per heavy atom. The van der Waals surface area contributed by atoms with E-state index < -0.39 is 0 Å². The van der Waals surface area contributed by atoms with Crippen molar-refractivity contribution in [2.24, 2.45) is 0 Å². The van der Waals surface area contributed by atoms with Crippen molar-refractivity contribution in [1.29, 1.82) is 0 Å². The third-order valence-corrected chi connectivity index (χ3v) is 5.31. The van der Waals surface area contributed by atoms with Gasteiger partial charge in [-0.05, 0) is 48.1 Å². The Balaban J connectivity index is 1.61. The van der Waals surface area contributed by atoms with Gasteiger partial charge < -0.3 is 10.2 Å². The maximum Gasteiger partial charge on any atom is 0.242 e. The van der Waals surface area contributed by atoms with Gasteiger partial charge in [-0.25, -0.2) is 0 Å². The number of anilines is 1. The summed E-state index contributed by atoms with van der Waals surface area (Å²) in [5.41, 5.74) is 3.45. The first-order valence-corrected chi connectivity index (χ1v) is 8.64. The van der Waals surface area contributed by atoms with Crippen molar-refractivity contribution in [2.75, 3.05) is 18.4 Å². The van der Waals surface area contributed by atoms with Crippen LogP contribution >= 0.6 is 27.3 Å². The molecule has 21 heavy (non-hydrogen) atoms. The summed E-state index contributed by atoms with van der Waals surface area (Å²) in [6.45, 7) is 3.96. The fourth-order valence-corrected chi connectivity index (χ4v) is 3.78. The Kier molecular flexibility index (Phi) is 4.31. The van der Waals surface area contributed by atoms with Crippen LogP contribution in [-0.4, -0.2) is 23.9 Å². The summed E-state index contributed by atoms with van der Waals surface area (Å²) < 4.78 is 1.02. The van der Waals surface area contributed by atoms with Crippen molar-refractivity contribution in [3.05, 3.63) is 50.1 Å². The molecule has 0 fully saturated rings. The zero-order valence-electron chi connectivity index (χ0n) is 11.9. The number of amides is 1. The number of hydrogen-bond donors (Lipinski definition) is 1. The molecule has 5 heteroatoms. The topological polar surface area (TPSA) is 32.3 Å².